The van der Waals surface area contributed by atoms with Crippen LogP contribution in [-0.4, -0.2) is 14.6 Å². The molecule has 0 aliphatic heterocycles. The first kappa shape index (κ1) is 12.9. The molecule has 1 aromatic carbocycles. The number of halogens is 3. The molecule has 3 aliphatic carbocycles. The van der Waals surface area contributed by atoms with Crippen LogP contribution < -0.4 is 5.14 Å². The highest BCUT2D eigenvalue weighted by Crippen LogP contribution is 2.78. The summed E-state index contributed by atoms with van der Waals surface area (Å²) in [6, 6.07) is 6.07. The molecule has 3 nitrogen and oxygen atoms in total. The molecule has 2 N–H and O–H groups in total. The van der Waals surface area contributed by atoms with Gasteiger partial charge in [0.25, 0.3) is 0 Å². The maximum Gasteiger partial charge on any atom is 0.394 e. The van der Waals surface area contributed by atoms with E-state index in [0.717, 1.165) is 0 Å². The number of benzene rings is 1. The molecule has 4 rings (SSSR count). The summed E-state index contributed by atoms with van der Waals surface area (Å²) in [5.74, 6) is 0. The number of primary sulfonamides is 1. The Kier molecular flexibility index (Phi) is 2.26. The zero-order valence-electron chi connectivity index (χ0n) is 9.87. The van der Waals surface area contributed by atoms with E-state index in [2.05, 4.69) is 0 Å². The van der Waals surface area contributed by atoms with E-state index in [4.69, 9.17) is 5.14 Å². The molecule has 0 radical (unpaired) electrons. The molecule has 104 valence electrons. The quantitative estimate of drug-likeness (QED) is 0.909. The fraction of sp³-hybridized carbons (Fsp3) is 0.500. The maximum atomic E-state index is 12.8. The van der Waals surface area contributed by atoms with Crippen LogP contribution in [0.3, 0.4) is 0 Å². The van der Waals surface area contributed by atoms with Crippen molar-refractivity contribution in [2.45, 2.75) is 35.7 Å². The fourth-order valence-corrected chi connectivity index (χ4v) is 4.39. The molecular formula is C12H12F3NO2S. The van der Waals surface area contributed by atoms with Crippen molar-refractivity contribution >= 4 is 10.0 Å². The zero-order chi connectivity index (χ0) is 14.1. The third-order valence-corrected chi connectivity index (χ3v) is 5.37. The second-order valence-corrected chi connectivity index (χ2v) is 7.16. The molecule has 0 aromatic heterocycles. The van der Waals surface area contributed by atoms with Gasteiger partial charge in [-0.2, -0.15) is 13.2 Å². The van der Waals surface area contributed by atoms with Gasteiger partial charge in [0.05, 0.1) is 10.3 Å². The van der Waals surface area contributed by atoms with Gasteiger partial charge in [0.15, 0.2) is 0 Å². The second-order valence-electron chi connectivity index (χ2n) is 5.63. The molecule has 2 bridgehead atoms. The van der Waals surface area contributed by atoms with Gasteiger partial charge in [-0.15, -0.1) is 0 Å². The van der Waals surface area contributed by atoms with Crippen molar-refractivity contribution in [1.29, 1.82) is 0 Å². The Morgan fingerprint density at radius 2 is 1.63 bits per heavy atom. The Morgan fingerprint density at radius 1 is 1.11 bits per heavy atom. The number of hydrogen-bond donors (Lipinski definition) is 1. The molecule has 3 aliphatic rings. The van der Waals surface area contributed by atoms with Gasteiger partial charge < -0.3 is 0 Å². The highest BCUT2D eigenvalue weighted by Gasteiger charge is 2.79. The SMILES string of the molecule is NS(=O)(=O)c1ccccc1C12CC(C(F)(F)F)(C1)C2. The monoisotopic (exact) mass is 291 g/mol. The van der Waals surface area contributed by atoms with Gasteiger partial charge in [-0.3, -0.25) is 0 Å². The fourth-order valence-electron chi connectivity index (χ4n) is 3.53. The number of rotatable bonds is 2. The van der Waals surface area contributed by atoms with Crippen LogP contribution in [-0.2, 0) is 15.4 Å². The van der Waals surface area contributed by atoms with Gasteiger partial charge in [-0.1, -0.05) is 18.2 Å². The molecule has 0 amide bonds. The molecule has 3 saturated carbocycles. The molecule has 19 heavy (non-hydrogen) atoms. The van der Waals surface area contributed by atoms with Crippen molar-refractivity contribution in [1.82, 2.24) is 0 Å². The Labute approximate surface area is 108 Å². The normalized spacial score (nSPS) is 33.5. The minimum absolute atomic E-state index is 0.0317. The predicted molar refractivity (Wildman–Crippen MR) is 61.8 cm³/mol. The van der Waals surface area contributed by atoms with Crippen LogP contribution in [0.2, 0.25) is 0 Å². The van der Waals surface area contributed by atoms with Crippen molar-refractivity contribution in [2.75, 3.05) is 0 Å². The average molecular weight is 291 g/mol. The van der Waals surface area contributed by atoms with E-state index in [1.54, 1.807) is 12.1 Å². The lowest BCUT2D eigenvalue weighted by Crippen LogP contribution is -2.70. The molecule has 0 heterocycles. The van der Waals surface area contributed by atoms with Crippen molar-refractivity contribution in [3.8, 4) is 0 Å². The van der Waals surface area contributed by atoms with Gasteiger partial charge in [0.2, 0.25) is 10.0 Å². The van der Waals surface area contributed by atoms with Crippen molar-refractivity contribution in [2.24, 2.45) is 10.6 Å². The summed E-state index contributed by atoms with van der Waals surface area (Å²) in [5, 5.41) is 5.12. The van der Waals surface area contributed by atoms with Gasteiger partial charge in [-0.05, 0) is 36.3 Å². The Bertz CT molecular complexity index is 631. The van der Waals surface area contributed by atoms with Gasteiger partial charge >= 0.3 is 6.18 Å². The Balaban J connectivity index is 1.97. The number of sulfonamides is 1. The van der Waals surface area contributed by atoms with Gasteiger partial charge in [0, 0.05) is 0 Å². The van der Waals surface area contributed by atoms with Crippen molar-refractivity contribution < 1.29 is 21.6 Å². The van der Waals surface area contributed by atoms with E-state index >= 15 is 0 Å². The minimum atomic E-state index is -4.20. The third kappa shape index (κ3) is 1.57. The van der Waals surface area contributed by atoms with Gasteiger partial charge in [-0.25, -0.2) is 13.6 Å². The van der Waals surface area contributed by atoms with E-state index in [9.17, 15) is 21.6 Å². The van der Waals surface area contributed by atoms with Crippen LogP contribution in [0, 0.1) is 5.41 Å². The first-order valence-corrected chi connectivity index (χ1v) is 7.34. The number of hydrogen-bond acceptors (Lipinski definition) is 2. The van der Waals surface area contributed by atoms with Crippen LogP contribution in [0.1, 0.15) is 24.8 Å². The van der Waals surface area contributed by atoms with Crippen LogP contribution in [0.4, 0.5) is 13.2 Å². The Morgan fingerprint density at radius 3 is 2.11 bits per heavy atom. The van der Waals surface area contributed by atoms with Crippen LogP contribution >= 0.6 is 0 Å². The van der Waals surface area contributed by atoms with Crippen LogP contribution in [0.15, 0.2) is 29.2 Å². The van der Waals surface area contributed by atoms with E-state index in [1.807, 2.05) is 0 Å². The topological polar surface area (TPSA) is 60.2 Å². The molecule has 0 unspecified atom stereocenters. The van der Waals surface area contributed by atoms with E-state index in [0.29, 0.717) is 5.56 Å². The maximum absolute atomic E-state index is 12.8. The van der Waals surface area contributed by atoms with Crippen molar-refractivity contribution in [3.63, 3.8) is 0 Å². The standard InChI is InChI=1S/C12H12F3NO2S/c13-12(14,15)11-5-10(6-11,7-11)8-3-1-2-4-9(8)19(16,17)18/h1-4H,5-7H2,(H2,16,17,18). The summed E-state index contributed by atoms with van der Waals surface area (Å²) in [4.78, 5) is -0.0505. The summed E-state index contributed by atoms with van der Waals surface area (Å²) in [6.45, 7) is 0. The minimum Gasteiger partial charge on any atom is -0.225 e. The summed E-state index contributed by atoms with van der Waals surface area (Å²) in [7, 11) is -3.90. The molecule has 0 atom stereocenters. The van der Waals surface area contributed by atoms with Crippen molar-refractivity contribution in [3.05, 3.63) is 29.8 Å². The lowest BCUT2D eigenvalue weighted by Gasteiger charge is -2.71. The number of alkyl halides is 3. The molecule has 0 spiro atoms. The van der Waals surface area contributed by atoms with E-state index < -0.39 is 27.0 Å². The average Bonchev–Trinajstić information content (AvgIpc) is 2.09. The number of nitrogens with two attached hydrogens (primary N) is 1. The Hall–Kier alpha value is -1.08. The first-order chi connectivity index (χ1) is 8.60. The summed E-state index contributed by atoms with van der Waals surface area (Å²) < 4.78 is 61.4. The molecular weight excluding hydrogens is 279 g/mol. The van der Waals surface area contributed by atoms with Crippen LogP contribution in [0.25, 0.3) is 0 Å². The van der Waals surface area contributed by atoms with E-state index in [1.165, 1.54) is 12.1 Å². The largest absolute Gasteiger partial charge is 0.394 e. The van der Waals surface area contributed by atoms with Crippen LogP contribution in [0.5, 0.6) is 0 Å². The molecule has 0 saturated heterocycles. The molecule has 1 aromatic rings. The summed E-state index contributed by atoms with van der Waals surface area (Å²) in [6.07, 6.45) is -4.30. The van der Waals surface area contributed by atoms with Gasteiger partial charge in [0.1, 0.15) is 0 Å². The molecule has 7 heteroatoms. The lowest BCUT2D eigenvalue weighted by molar-refractivity contribution is -0.337. The first-order valence-electron chi connectivity index (χ1n) is 5.79. The van der Waals surface area contributed by atoms with E-state index in [-0.39, 0.29) is 24.2 Å². The summed E-state index contributed by atoms with van der Waals surface area (Å²) >= 11 is 0. The summed E-state index contributed by atoms with van der Waals surface area (Å²) in [5.41, 5.74) is -1.82. The zero-order valence-corrected chi connectivity index (χ0v) is 10.7. The highest BCUT2D eigenvalue weighted by atomic mass is 32.2. The lowest BCUT2D eigenvalue weighted by atomic mass is 9.33. The second kappa shape index (κ2) is 3.32. The highest BCUT2D eigenvalue weighted by molar-refractivity contribution is 7.89. The molecule has 3 fully saturated rings. The smallest absolute Gasteiger partial charge is 0.225 e. The third-order valence-electron chi connectivity index (χ3n) is 4.40. The predicted octanol–water partition coefficient (Wildman–Crippen LogP) is 2.32.